The number of aromatic nitrogens is 1. The Morgan fingerprint density at radius 3 is 2.57 bits per heavy atom. The van der Waals surface area contributed by atoms with Crippen molar-refractivity contribution in [1.82, 2.24) is 4.98 Å². The number of benzene rings is 1. The van der Waals surface area contributed by atoms with E-state index in [2.05, 4.69) is 50.0 Å². The fourth-order valence-electron chi connectivity index (χ4n) is 4.40. The number of ketones is 1. The van der Waals surface area contributed by atoms with Crippen LogP contribution in [-0.2, 0) is 16.6 Å². The minimum Gasteiger partial charge on any atom is -0.294 e. The fraction of sp³-hybridized carbons (Fsp3) is 0.400. The second kappa shape index (κ2) is 4.88. The third kappa shape index (κ3) is 2.13. The Balaban J connectivity index is 1.99. The molecule has 1 aromatic heterocycles. The molecule has 1 aromatic carbocycles. The van der Waals surface area contributed by atoms with Crippen molar-refractivity contribution in [2.45, 2.75) is 45.4 Å². The summed E-state index contributed by atoms with van der Waals surface area (Å²) in [5.41, 5.74) is 6.34. The van der Waals surface area contributed by atoms with Crippen molar-refractivity contribution in [1.29, 1.82) is 0 Å². The van der Waals surface area contributed by atoms with Crippen LogP contribution in [0.15, 0.2) is 47.0 Å². The van der Waals surface area contributed by atoms with Crippen molar-refractivity contribution in [3.8, 4) is 0 Å². The minimum atomic E-state index is -0.348. The summed E-state index contributed by atoms with van der Waals surface area (Å²) < 4.78 is 0. The highest BCUT2D eigenvalue weighted by Crippen LogP contribution is 2.52. The van der Waals surface area contributed by atoms with E-state index in [0.717, 1.165) is 24.1 Å². The Kier molecular flexibility index (Phi) is 3.14. The van der Waals surface area contributed by atoms with Gasteiger partial charge in [-0.15, -0.1) is 11.3 Å². The molecule has 0 spiro atoms. The number of carbonyl (C=O) groups is 1. The van der Waals surface area contributed by atoms with E-state index in [9.17, 15) is 4.79 Å². The molecule has 4 rings (SSSR count). The summed E-state index contributed by atoms with van der Waals surface area (Å²) >= 11 is 1.69. The number of hydrogen-bond acceptors (Lipinski definition) is 3. The highest BCUT2D eigenvalue weighted by Gasteiger charge is 2.48. The zero-order valence-corrected chi connectivity index (χ0v) is 14.7. The molecule has 0 radical (unpaired) electrons. The molecule has 1 atom stereocenters. The Morgan fingerprint density at radius 2 is 1.83 bits per heavy atom. The number of carbonyl (C=O) groups excluding carboxylic acids is 1. The molecule has 0 aliphatic heterocycles. The topological polar surface area (TPSA) is 30.0 Å². The Bertz CT molecular complexity index is 815. The molecule has 0 saturated heterocycles. The maximum atomic E-state index is 13.1. The van der Waals surface area contributed by atoms with Gasteiger partial charge in [0.1, 0.15) is 0 Å². The van der Waals surface area contributed by atoms with Crippen LogP contribution in [0.2, 0.25) is 0 Å². The SMILES string of the molecule is CC1(C)CC(=O)C2=C(Cc3ncsc3[C@@]2(C)c2ccccc2)C1. The maximum Gasteiger partial charge on any atom is 0.160 e. The normalized spacial score (nSPS) is 26.0. The monoisotopic (exact) mass is 323 g/mol. The molecule has 2 aliphatic carbocycles. The predicted molar refractivity (Wildman–Crippen MR) is 93.8 cm³/mol. The van der Waals surface area contributed by atoms with Gasteiger partial charge in [0, 0.05) is 23.3 Å². The largest absolute Gasteiger partial charge is 0.294 e. The van der Waals surface area contributed by atoms with Gasteiger partial charge in [-0.25, -0.2) is 4.98 Å². The van der Waals surface area contributed by atoms with Crippen LogP contribution in [0.1, 0.15) is 49.7 Å². The van der Waals surface area contributed by atoms with Crippen LogP contribution in [0, 0.1) is 5.41 Å². The van der Waals surface area contributed by atoms with E-state index in [4.69, 9.17) is 0 Å². The number of thiazole rings is 1. The first-order chi connectivity index (χ1) is 10.9. The van der Waals surface area contributed by atoms with E-state index in [1.807, 2.05) is 11.6 Å². The third-order valence-corrected chi connectivity index (χ3v) is 6.38. The van der Waals surface area contributed by atoms with Gasteiger partial charge in [0.15, 0.2) is 5.78 Å². The Labute approximate surface area is 141 Å². The molecule has 0 bridgehead atoms. The fourth-order valence-corrected chi connectivity index (χ4v) is 5.40. The van der Waals surface area contributed by atoms with Crippen molar-refractivity contribution in [2.75, 3.05) is 0 Å². The van der Waals surface area contributed by atoms with E-state index < -0.39 is 0 Å². The molecule has 0 amide bonds. The number of rotatable bonds is 1. The van der Waals surface area contributed by atoms with Crippen LogP contribution in [0.3, 0.4) is 0 Å². The lowest BCUT2D eigenvalue weighted by molar-refractivity contribution is -0.118. The number of allylic oxidation sites excluding steroid dienone is 2. The first-order valence-corrected chi connectivity index (χ1v) is 9.04. The second-order valence-electron chi connectivity index (χ2n) is 7.72. The molecule has 0 unspecified atom stereocenters. The van der Waals surface area contributed by atoms with E-state index in [-0.39, 0.29) is 10.8 Å². The molecule has 23 heavy (non-hydrogen) atoms. The molecule has 1 heterocycles. The van der Waals surface area contributed by atoms with Crippen molar-refractivity contribution in [3.63, 3.8) is 0 Å². The van der Waals surface area contributed by atoms with Crippen molar-refractivity contribution in [2.24, 2.45) is 5.41 Å². The van der Waals surface area contributed by atoms with Gasteiger partial charge in [-0.05, 0) is 24.3 Å². The van der Waals surface area contributed by atoms with Crippen molar-refractivity contribution in [3.05, 3.63) is 63.1 Å². The molecule has 2 aliphatic rings. The molecule has 0 saturated carbocycles. The molecular weight excluding hydrogens is 302 g/mol. The summed E-state index contributed by atoms with van der Waals surface area (Å²) in [5.74, 6) is 0.321. The Hall–Kier alpha value is -1.74. The molecular formula is C20H21NOS. The van der Waals surface area contributed by atoms with E-state index in [1.54, 1.807) is 11.3 Å². The summed E-state index contributed by atoms with van der Waals surface area (Å²) in [7, 11) is 0. The minimum absolute atomic E-state index is 0.0566. The highest BCUT2D eigenvalue weighted by molar-refractivity contribution is 7.10. The highest BCUT2D eigenvalue weighted by atomic mass is 32.1. The zero-order chi connectivity index (χ0) is 16.2. The van der Waals surface area contributed by atoms with Crippen molar-refractivity contribution >= 4 is 17.1 Å². The predicted octanol–water partition coefficient (Wildman–Crippen LogP) is 4.69. The quantitative estimate of drug-likeness (QED) is 0.762. The molecule has 0 fully saturated rings. The molecule has 2 aromatic rings. The number of fused-ring (bicyclic) bond motifs is 1. The number of nitrogens with zero attached hydrogens (tertiary/aromatic N) is 1. The zero-order valence-electron chi connectivity index (χ0n) is 13.8. The van der Waals surface area contributed by atoms with Gasteiger partial charge in [-0.1, -0.05) is 49.8 Å². The van der Waals surface area contributed by atoms with Gasteiger partial charge in [0.25, 0.3) is 0 Å². The summed E-state index contributed by atoms with van der Waals surface area (Å²) in [6.07, 6.45) is 2.47. The van der Waals surface area contributed by atoms with Crippen LogP contribution in [-0.4, -0.2) is 10.8 Å². The Morgan fingerprint density at radius 1 is 1.09 bits per heavy atom. The maximum absolute atomic E-state index is 13.1. The van der Waals surface area contributed by atoms with E-state index in [0.29, 0.717) is 12.2 Å². The first kappa shape index (κ1) is 14.8. The van der Waals surface area contributed by atoms with Gasteiger partial charge in [-0.3, -0.25) is 4.79 Å². The standard InChI is InChI=1S/C20H21NOS/c1-19(2)10-13-9-15-18(23-12-21-15)20(3,17(13)16(22)11-19)14-7-5-4-6-8-14/h4-8,12H,9-11H2,1-3H3/t20-/m0/s1. The molecule has 0 N–H and O–H groups in total. The average Bonchev–Trinajstić information content (AvgIpc) is 2.95. The van der Waals surface area contributed by atoms with Crippen LogP contribution < -0.4 is 0 Å². The summed E-state index contributed by atoms with van der Waals surface area (Å²) in [6.45, 7) is 6.61. The second-order valence-corrected chi connectivity index (χ2v) is 8.57. The molecule has 2 nitrogen and oxygen atoms in total. The first-order valence-electron chi connectivity index (χ1n) is 8.16. The van der Waals surface area contributed by atoms with Gasteiger partial charge >= 0.3 is 0 Å². The number of hydrogen-bond donors (Lipinski definition) is 0. The van der Waals surface area contributed by atoms with Crippen LogP contribution in [0.4, 0.5) is 0 Å². The number of Topliss-reactive ketones (excluding diaryl/α,β-unsaturated/α-hetero) is 1. The third-order valence-electron chi connectivity index (χ3n) is 5.29. The lowest BCUT2D eigenvalue weighted by Gasteiger charge is -2.43. The smallest absolute Gasteiger partial charge is 0.160 e. The van der Waals surface area contributed by atoms with Gasteiger partial charge in [0.2, 0.25) is 0 Å². The lowest BCUT2D eigenvalue weighted by atomic mass is 9.60. The van der Waals surface area contributed by atoms with Crippen LogP contribution in [0.25, 0.3) is 0 Å². The molecule has 3 heteroatoms. The van der Waals surface area contributed by atoms with Gasteiger partial charge in [-0.2, -0.15) is 0 Å². The van der Waals surface area contributed by atoms with Crippen LogP contribution in [0.5, 0.6) is 0 Å². The summed E-state index contributed by atoms with van der Waals surface area (Å²) in [6, 6.07) is 10.4. The summed E-state index contributed by atoms with van der Waals surface area (Å²) in [5, 5.41) is 0. The van der Waals surface area contributed by atoms with E-state index >= 15 is 0 Å². The van der Waals surface area contributed by atoms with E-state index in [1.165, 1.54) is 16.0 Å². The van der Waals surface area contributed by atoms with Gasteiger partial charge < -0.3 is 0 Å². The lowest BCUT2D eigenvalue weighted by Crippen LogP contribution is -2.40. The average molecular weight is 323 g/mol. The van der Waals surface area contributed by atoms with Gasteiger partial charge in [0.05, 0.1) is 16.6 Å². The molecule has 118 valence electrons. The van der Waals surface area contributed by atoms with Crippen LogP contribution >= 0.6 is 11.3 Å². The summed E-state index contributed by atoms with van der Waals surface area (Å²) in [4.78, 5) is 19.0. The van der Waals surface area contributed by atoms with Crippen molar-refractivity contribution < 1.29 is 4.79 Å².